The number of imidazole rings is 1. The highest BCUT2D eigenvalue weighted by Gasteiger charge is 2.19. The van der Waals surface area contributed by atoms with Crippen LogP contribution in [0.5, 0.6) is 0 Å². The maximum atomic E-state index is 12.8. The largest absolute Gasteiger partial charge is 0.341 e. The lowest BCUT2D eigenvalue weighted by Crippen LogP contribution is -2.31. The van der Waals surface area contributed by atoms with Crippen LogP contribution in [0.2, 0.25) is 0 Å². The van der Waals surface area contributed by atoms with Gasteiger partial charge in [0.2, 0.25) is 0 Å². The molecule has 0 radical (unpaired) electrons. The van der Waals surface area contributed by atoms with Crippen molar-refractivity contribution in [3.8, 4) is 0 Å². The van der Waals surface area contributed by atoms with Crippen molar-refractivity contribution in [1.82, 2.24) is 25.1 Å². The van der Waals surface area contributed by atoms with Crippen LogP contribution in [-0.4, -0.2) is 25.7 Å². The predicted octanol–water partition coefficient (Wildman–Crippen LogP) is 2.30. The van der Waals surface area contributed by atoms with Crippen molar-refractivity contribution < 1.29 is 4.79 Å². The first-order valence-electron chi connectivity index (χ1n) is 8.26. The van der Waals surface area contributed by atoms with E-state index in [1.165, 1.54) is 11.7 Å². The highest BCUT2D eigenvalue weighted by atomic mass is 16.2. The minimum absolute atomic E-state index is 0.214. The first-order chi connectivity index (χ1) is 12.5. The normalized spacial score (nSPS) is 12.4. The van der Waals surface area contributed by atoms with E-state index in [-0.39, 0.29) is 23.2 Å². The number of aromatic nitrogens is 4. The summed E-state index contributed by atoms with van der Waals surface area (Å²) in [5.41, 5.74) is 1.73. The third-order valence-electron chi connectivity index (χ3n) is 4.34. The van der Waals surface area contributed by atoms with Gasteiger partial charge in [0, 0.05) is 12.4 Å². The quantitative estimate of drug-likeness (QED) is 0.595. The van der Waals surface area contributed by atoms with Gasteiger partial charge >= 0.3 is 0 Å². The summed E-state index contributed by atoms with van der Waals surface area (Å²) >= 11 is 0. The molecule has 4 aromatic rings. The Morgan fingerprint density at radius 1 is 1.12 bits per heavy atom. The maximum absolute atomic E-state index is 12.8. The predicted molar refractivity (Wildman–Crippen MR) is 99.0 cm³/mol. The zero-order valence-corrected chi connectivity index (χ0v) is 14.4. The van der Waals surface area contributed by atoms with Crippen molar-refractivity contribution in [1.29, 1.82) is 0 Å². The van der Waals surface area contributed by atoms with Gasteiger partial charge in [-0.3, -0.25) is 9.59 Å². The van der Waals surface area contributed by atoms with Crippen LogP contribution in [0.3, 0.4) is 0 Å². The van der Waals surface area contributed by atoms with Gasteiger partial charge in [-0.1, -0.05) is 30.3 Å². The number of rotatable bonds is 3. The van der Waals surface area contributed by atoms with Gasteiger partial charge in [-0.15, -0.1) is 0 Å². The number of hydrogen-bond donors (Lipinski definition) is 2. The van der Waals surface area contributed by atoms with Crippen molar-refractivity contribution >= 4 is 27.7 Å². The molecule has 0 unspecified atom stereocenters. The van der Waals surface area contributed by atoms with Crippen LogP contribution >= 0.6 is 0 Å². The van der Waals surface area contributed by atoms with Crippen LogP contribution in [0.15, 0.2) is 53.3 Å². The number of hydrogen-bond acceptors (Lipinski definition) is 4. The zero-order valence-electron chi connectivity index (χ0n) is 14.4. The first kappa shape index (κ1) is 16.0. The van der Waals surface area contributed by atoms with E-state index in [9.17, 15) is 9.59 Å². The van der Waals surface area contributed by atoms with E-state index in [1.807, 2.05) is 31.2 Å². The van der Waals surface area contributed by atoms with Crippen molar-refractivity contribution in [2.24, 2.45) is 7.05 Å². The Hall–Kier alpha value is -3.48. The number of aromatic amines is 1. The number of nitrogens with zero attached hydrogens (tertiary/aromatic N) is 3. The topological polar surface area (TPSA) is 92.7 Å². The van der Waals surface area contributed by atoms with Crippen LogP contribution in [0.4, 0.5) is 0 Å². The minimum Gasteiger partial charge on any atom is -0.341 e. The summed E-state index contributed by atoms with van der Waals surface area (Å²) in [5.74, 6) is 0.304. The van der Waals surface area contributed by atoms with E-state index in [1.54, 1.807) is 24.3 Å². The fourth-order valence-electron chi connectivity index (χ4n) is 2.98. The SMILES string of the molecule is C[C@@H](NC(=O)c1nn(C)c(=O)c2ccccc12)c1nc2ccccc2[nH]1. The summed E-state index contributed by atoms with van der Waals surface area (Å²) in [5, 5.41) is 8.05. The molecule has 4 rings (SSSR count). The summed E-state index contributed by atoms with van der Waals surface area (Å²) in [7, 11) is 1.54. The summed E-state index contributed by atoms with van der Waals surface area (Å²) in [6.45, 7) is 1.85. The number of aryl methyl sites for hydroxylation is 1. The molecule has 2 heterocycles. The summed E-state index contributed by atoms with van der Waals surface area (Å²) in [6, 6.07) is 14.3. The molecule has 0 aliphatic rings. The second kappa shape index (κ2) is 6.11. The molecule has 26 heavy (non-hydrogen) atoms. The fraction of sp³-hybridized carbons (Fsp3) is 0.158. The molecule has 0 spiro atoms. The van der Waals surface area contributed by atoms with Crippen LogP contribution in [0.25, 0.3) is 21.8 Å². The summed E-state index contributed by atoms with van der Waals surface area (Å²) < 4.78 is 1.18. The minimum atomic E-state index is -0.357. The van der Waals surface area contributed by atoms with E-state index >= 15 is 0 Å². The van der Waals surface area contributed by atoms with Gasteiger partial charge in [-0.2, -0.15) is 5.10 Å². The Morgan fingerprint density at radius 2 is 1.81 bits per heavy atom. The Bertz CT molecular complexity index is 1160. The standard InChI is InChI=1S/C19H17N5O2/c1-11(17-21-14-9-5-6-10-15(14)22-17)20-18(25)16-12-7-3-4-8-13(12)19(26)24(2)23-16/h3-11H,1-2H3,(H,20,25)(H,21,22)/t11-/m1/s1. The lowest BCUT2D eigenvalue weighted by Gasteiger charge is -2.13. The fourth-order valence-corrected chi connectivity index (χ4v) is 2.98. The molecule has 1 atom stereocenters. The summed E-state index contributed by atoms with van der Waals surface area (Å²) in [6.07, 6.45) is 0. The van der Waals surface area contributed by atoms with Crippen molar-refractivity contribution in [3.05, 3.63) is 70.4 Å². The number of benzene rings is 2. The van der Waals surface area contributed by atoms with Crippen LogP contribution in [-0.2, 0) is 7.05 Å². The van der Waals surface area contributed by atoms with Crippen molar-refractivity contribution in [2.75, 3.05) is 0 Å². The second-order valence-electron chi connectivity index (χ2n) is 6.16. The van der Waals surface area contributed by atoms with Gasteiger partial charge in [0.15, 0.2) is 5.69 Å². The molecule has 0 saturated heterocycles. The highest BCUT2D eigenvalue weighted by Crippen LogP contribution is 2.17. The van der Waals surface area contributed by atoms with Gasteiger partial charge in [-0.25, -0.2) is 9.67 Å². The molecular weight excluding hydrogens is 330 g/mol. The number of fused-ring (bicyclic) bond motifs is 2. The van der Waals surface area contributed by atoms with Gasteiger partial charge in [0.05, 0.1) is 22.5 Å². The molecule has 0 bridgehead atoms. The maximum Gasteiger partial charge on any atom is 0.274 e. The lowest BCUT2D eigenvalue weighted by molar-refractivity contribution is 0.0933. The first-order valence-corrected chi connectivity index (χ1v) is 8.26. The summed E-state index contributed by atoms with van der Waals surface area (Å²) in [4.78, 5) is 32.7. The molecule has 0 fully saturated rings. The Balaban J connectivity index is 1.69. The third kappa shape index (κ3) is 2.63. The Kier molecular flexibility index (Phi) is 3.76. The molecule has 7 heteroatoms. The van der Waals surface area contributed by atoms with E-state index in [4.69, 9.17) is 0 Å². The van der Waals surface area contributed by atoms with Crippen LogP contribution in [0, 0.1) is 0 Å². The number of nitrogens with one attached hydrogen (secondary N) is 2. The number of carbonyl (C=O) groups excluding carboxylic acids is 1. The highest BCUT2D eigenvalue weighted by molar-refractivity contribution is 6.04. The molecule has 2 aromatic carbocycles. The van der Waals surface area contributed by atoms with Gasteiger partial charge in [0.25, 0.3) is 11.5 Å². The monoisotopic (exact) mass is 347 g/mol. The molecule has 1 amide bonds. The Labute approximate surface area is 148 Å². The second-order valence-corrected chi connectivity index (χ2v) is 6.16. The molecule has 7 nitrogen and oxygen atoms in total. The number of para-hydroxylation sites is 2. The van der Waals surface area contributed by atoms with Gasteiger partial charge in [-0.05, 0) is 25.1 Å². The van der Waals surface area contributed by atoms with E-state index in [2.05, 4.69) is 20.4 Å². The van der Waals surface area contributed by atoms with Gasteiger partial charge in [0.1, 0.15) is 5.82 Å². The molecule has 0 saturated carbocycles. The average Bonchev–Trinajstić information content (AvgIpc) is 3.09. The number of carbonyl (C=O) groups is 1. The number of H-pyrrole nitrogens is 1. The molecular formula is C19H17N5O2. The third-order valence-corrected chi connectivity index (χ3v) is 4.34. The van der Waals surface area contributed by atoms with Crippen LogP contribution < -0.4 is 10.9 Å². The lowest BCUT2D eigenvalue weighted by atomic mass is 10.1. The molecule has 2 aromatic heterocycles. The van der Waals surface area contributed by atoms with Crippen molar-refractivity contribution in [3.63, 3.8) is 0 Å². The average molecular weight is 347 g/mol. The van der Waals surface area contributed by atoms with E-state index in [0.29, 0.717) is 16.6 Å². The van der Waals surface area contributed by atoms with Gasteiger partial charge < -0.3 is 10.3 Å². The van der Waals surface area contributed by atoms with E-state index in [0.717, 1.165) is 11.0 Å². The van der Waals surface area contributed by atoms with E-state index < -0.39 is 0 Å². The molecule has 2 N–H and O–H groups in total. The molecule has 0 aliphatic heterocycles. The van der Waals surface area contributed by atoms with Crippen LogP contribution in [0.1, 0.15) is 29.3 Å². The zero-order chi connectivity index (χ0) is 18.3. The Morgan fingerprint density at radius 3 is 2.58 bits per heavy atom. The molecule has 0 aliphatic carbocycles. The number of amides is 1. The van der Waals surface area contributed by atoms with Crippen molar-refractivity contribution in [2.45, 2.75) is 13.0 Å². The smallest absolute Gasteiger partial charge is 0.274 e. The molecule has 130 valence electrons.